The number of hydrogen-bond acceptors (Lipinski definition) is 3. The summed E-state index contributed by atoms with van der Waals surface area (Å²) in [5.74, 6) is 0.610. The van der Waals surface area contributed by atoms with Crippen LogP contribution in [0, 0.1) is 0 Å². The molecule has 0 aliphatic heterocycles. The van der Waals surface area contributed by atoms with Gasteiger partial charge < -0.3 is 13.9 Å². The largest absolute Gasteiger partial charge is 0.435 e. The molecule has 0 fully saturated rings. The van der Waals surface area contributed by atoms with Crippen LogP contribution in [-0.2, 0) is 0 Å². The van der Waals surface area contributed by atoms with Crippen molar-refractivity contribution in [2.75, 3.05) is 4.90 Å². The van der Waals surface area contributed by atoms with Gasteiger partial charge in [0.2, 0.25) is 5.89 Å². The third-order valence-corrected chi connectivity index (χ3v) is 9.78. The molecule has 10 aromatic rings. The minimum absolute atomic E-state index is 0.610. The Kier molecular flexibility index (Phi) is 6.78. The van der Waals surface area contributed by atoms with Crippen LogP contribution in [0.25, 0.3) is 71.9 Å². The highest BCUT2D eigenvalue weighted by Gasteiger charge is 2.22. The molecule has 0 bridgehead atoms. The molecular weight excluding hydrogens is 623 g/mol. The third-order valence-electron chi connectivity index (χ3n) is 9.78. The fourth-order valence-corrected chi connectivity index (χ4v) is 7.46. The first-order valence-electron chi connectivity index (χ1n) is 17.2. The van der Waals surface area contributed by atoms with E-state index >= 15 is 0 Å². The molecule has 4 nitrogen and oxygen atoms in total. The summed E-state index contributed by atoms with van der Waals surface area (Å²) in [7, 11) is 0. The first-order valence-corrected chi connectivity index (χ1v) is 17.2. The highest BCUT2D eigenvalue weighted by Crippen LogP contribution is 2.45. The number of aromatic nitrogens is 2. The van der Waals surface area contributed by atoms with Crippen molar-refractivity contribution in [2.24, 2.45) is 0 Å². The first-order chi connectivity index (χ1) is 25.3. The van der Waals surface area contributed by atoms with Crippen molar-refractivity contribution in [2.45, 2.75) is 0 Å². The van der Waals surface area contributed by atoms with E-state index in [9.17, 15) is 0 Å². The molecular formula is C47H31N3O. The van der Waals surface area contributed by atoms with Gasteiger partial charge in [-0.25, -0.2) is 4.98 Å². The molecule has 0 spiro atoms. The van der Waals surface area contributed by atoms with Crippen molar-refractivity contribution in [3.05, 3.63) is 188 Å². The van der Waals surface area contributed by atoms with E-state index in [4.69, 9.17) is 9.40 Å². The first kappa shape index (κ1) is 29.0. The summed E-state index contributed by atoms with van der Waals surface area (Å²) >= 11 is 0. The summed E-state index contributed by atoms with van der Waals surface area (Å²) < 4.78 is 9.04. The van der Waals surface area contributed by atoms with Crippen LogP contribution in [0.4, 0.5) is 17.1 Å². The lowest BCUT2D eigenvalue weighted by molar-refractivity contribution is 0.623. The lowest BCUT2D eigenvalue weighted by Crippen LogP contribution is -2.11. The lowest BCUT2D eigenvalue weighted by Gasteiger charge is -2.27. The molecule has 0 saturated heterocycles. The Morgan fingerprint density at radius 3 is 1.96 bits per heavy atom. The standard InChI is InChI=1S/C47H31N3O/c1-4-14-32(15-5-1)35-19-12-22-37(30-35)49(38-27-28-40-39-23-10-11-24-42(39)50(44(40)31-38)36-20-8-3-9-21-36)43-25-13-18-33-26-29-41-46(45(33)43)51-47(48-41)34-16-6-2-7-17-34/h1-31H. The molecule has 0 atom stereocenters. The Labute approximate surface area is 295 Å². The summed E-state index contributed by atoms with van der Waals surface area (Å²) in [6, 6.07) is 66.3. The van der Waals surface area contributed by atoms with Gasteiger partial charge in [0.1, 0.15) is 5.52 Å². The van der Waals surface area contributed by atoms with E-state index in [0.29, 0.717) is 5.89 Å². The molecule has 2 aromatic heterocycles. The van der Waals surface area contributed by atoms with Crippen LogP contribution in [0.5, 0.6) is 0 Å². The van der Waals surface area contributed by atoms with Crippen LogP contribution in [0.2, 0.25) is 0 Å². The van der Waals surface area contributed by atoms with Crippen molar-refractivity contribution in [3.8, 4) is 28.3 Å². The number of para-hydroxylation sites is 2. The zero-order valence-electron chi connectivity index (χ0n) is 27.6. The Bertz CT molecular complexity index is 2850. The van der Waals surface area contributed by atoms with Crippen molar-refractivity contribution < 1.29 is 4.42 Å². The second-order valence-electron chi connectivity index (χ2n) is 12.8. The van der Waals surface area contributed by atoms with E-state index in [-0.39, 0.29) is 0 Å². The Hall–Kier alpha value is -6.91. The maximum atomic E-state index is 6.67. The average molecular weight is 654 g/mol. The molecule has 240 valence electrons. The smallest absolute Gasteiger partial charge is 0.227 e. The molecule has 0 aliphatic carbocycles. The third kappa shape index (κ3) is 4.88. The van der Waals surface area contributed by atoms with Crippen LogP contribution < -0.4 is 4.90 Å². The monoisotopic (exact) mass is 653 g/mol. The predicted molar refractivity (Wildman–Crippen MR) is 211 cm³/mol. The summed E-state index contributed by atoms with van der Waals surface area (Å²) in [6.07, 6.45) is 0. The SMILES string of the molecule is c1ccc(-c2cccc(N(c3ccc4c5ccccc5n(-c5ccccc5)c4c3)c3cccc4ccc5nc(-c6ccccc6)oc5c34)c2)cc1. The molecule has 0 aliphatic rings. The number of oxazole rings is 1. The van der Waals surface area contributed by atoms with E-state index in [1.165, 1.54) is 21.9 Å². The highest BCUT2D eigenvalue weighted by molar-refractivity contribution is 6.14. The molecule has 4 heteroatoms. The van der Waals surface area contributed by atoms with Crippen LogP contribution in [0.15, 0.2) is 192 Å². The maximum Gasteiger partial charge on any atom is 0.227 e. The van der Waals surface area contributed by atoms with Crippen molar-refractivity contribution in [1.29, 1.82) is 0 Å². The van der Waals surface area contributed by atoms with Gasteiger partial charge in [0.15, 0.2) is 5.58 Å². The van der Waals surface area contributed by atoms with Crippen LogP contribution in [-0.4, -0.2) is 9.55 Å². The van der Waals surface area contributed by atoms with Crippen LogP contribution >= 0.6 is 0 Å². The zero-order valence-corrected chi connectivity index (χ0v) is 27.6. The second kappa shape index (κ2) is 11.9. The molecule has 10 rings (SSSR count). The normalized spacial score (nSPS) is 11.5. The van der Waals surface area contributed by atoms with Gasteiger partial charge in [-0.05, 0) is 83.2 Å². The summed E-state index contributed by atoms with van der Waals surface area (Å²) in [5.41, 5.74) is 11.4. The minimum Gasteiger partial charge on any atom is -0.435 e. The fourth-order valence-electron chi connectivity index (χ4n) is 7.46. The van der Waals surface area contributed by atoms with E-state index in [2.05, 4.69) is 167 Å². The van der Waals surface area contributed by atoms with Crippen molar-refractivity contribution >= 4 is 60.7 Å². The number of benzene rings is 8. The van der Waals surface area contributed by atoms with Crippen molar-refractivity contribution in [1.82, 2.24) is 9.55 Å². The van der Waals surface area contributed by atoms with E-state index in [1.54, 1.807) is 0 Å². The van der Waals surface area contributed by atoms with Crippen LogP contribution in [0.3, 0.4) is 0 Å². The summed E-state index contributed by atoms with van der Waals surface area (Å²) in [4.78, 5) is 7.32. The second-order valence-corrected chi connectivity index (χ2v) is 12.8. The van der Waals surface area contributed by atoms with Gasteiger partial charge in [0.05, 0.1) is 22.1 Å². The lowest BCUT2D eigenvalue weighted by atomic mass is 10.0. The maximum absolute atomic E-state index is 6.67. The number of hydrogen-bond donors (Lipinski definition) is 0. The Morgan fingerprint density at radius 2 is 1.14 bits per heavy atom. The topological polar surface area (TPSA) is 34.2 Å². The van der Waals surface area contributed by atoms with Gasteiger partial charge in [-0.1, -0.05) is 121 Å². The Morgan fingerprint density at radius 1 is 0.471 bits per heavy atom. The molecule has 0 amide bonds. The van der Waals surface area contributed by atoms with Gasteiger partial charge in [-0.3, -0.25) is 0 Å². The van der Waals surface area contributed by atoms with Gasteiger partial charge in [-0.15, -0.1) is 0 Å². The minimum atomic E-state index is 0.610. The number of anilines is 3. The zero-order chi connectivity index (χ0) is 33.7. The molecule has 0 saturated carbocycles. The van der Waals surface area contributed by atoms with Gasteiger partial charge >= 0.3 is 0 Å². The molecule has 0 unspecified atom stereocenters. The summed E-state index contributed by atoms with van der Waals surface area (Å²) in [6.45, 7) is 0. The molecule has 51 heavy (non-hydrogen) atoms. The average Bonchev–Trinajstić information content (AvgIpc) is 3.79. The number of nitrogens with zero attached hydrogens (tertiary/aromatic N) is 3. The fraction of sp³-hybridized carbons (Fsp3) is 0. The number of fused-ring (bicyclic) bond motifs is 6. The van der Waals surface area contributed by atoms with E-state index in [0.717, 1.165) is 61.3 Å². The van der Waals surface area contributed by atoms with Gasteiger partial charge in [0.25, 0.3) is 0 Å². The molecule has 0 N–H and O–H groups in total. The van der Waals surface area contributed by atoms with Gasteiger partial charge in [-0.2, -0.15) is 0 Å². The van der Waals surface area contributed by atoms with Crippen molar-refractivity contribution in [3.63, 3.8) is 0 Å². The van der Waals surface area contributed by atoms with Gasteiger partial charge in [0, 0.05) is 33.4 Å². The molecule has 0 radical (unpaired) electrons. The highest BCUT2D eigenvalue weighted by atomic mass is 16.3. The van der Waals surface area contributed by atoms with E-state index in [1.807, 2.05) is 30.3 Å². The molecule has 8 aromatic carbocycles. The molecule has 2 heterocycles. The van der Waals surface area contributed by atoms with Crippen LogP contribution in [0.1, 0.15) is 0 Å². The Balaban J connectivity index is 1.26. The predicted octanol–water partition coefficient (Wildman–Crippen LogP) is 12.9. The summed E-state index contributed by atoms with van der Waals surface area (Å²) in [5, 5.41) is 4.53. The number of rotatable bonds is 6. The quantitative estimate of drug-likeness (QED) is 0.179. The van der Waals surface area contributed by atoms with E-state index < -0.39 is 0 Å².